The summed E-state index contributed by atoms with van der Waals surface area (Å²) in [4.78, 5) is 39.8. The zero-order valence-corrected chi connectivity index (χ0v) is 14.9. The minimum absolute atomic E-state index is 0.0145. The summed E-state index contributed by atoms with van der Waals surface area (Å²) < 4.78 is 0. The molecular weight excluding hydrogens is 320 g/mol. The quantitative estimate of drug-likeness (QED) is 0.741. The van der Waals surface area contributed by atoms with Crippen LogP contribution >= 0.6 is 0 Å². The van der Waals surface area contributed by atoms with Gasteiger partial charge in [0.2, 0.25) is 17.7 Å². The molecule has 0 bridgehead atoms. The Morgan fingerprint density at radius 1 is 1.20 bits per heavy atom. The lowest BCUT2D eigenvalue weighted by molar-refractivity contribution is -0.125. The summed E-state index contributed by atoms with van der Waals surface area (Å²) in [6.45, 7) is 7.41. The van der Waals surface area contributed by atoms with E-state index in [9.17, 15) is 14.4 Å². The van der Waals surface area contributed by atoms with Gasteiger partial charge in [-0.1, -0.05) is 26.0 Å². The number of hydrogen-bond donors (Lipinski definition) is 2. The third kappa shape index (κ3) is 5.29. The summed E-state index contributed by atoms with van der Waals surface area (Å²) in [5, 5.41) is 5.58. The van der Waals surface area contributed by atoms with Gasteiger partial charge in [-0.2, -0.15) is 0 Å². The van der Waals surface area contributed by atoms with E-state index in [4.69, 9.17) is 0 Å². The highest BCUT2D eigenvalue weighted by Gasteiger charge is 2.26. The molecule has 0 unspecified atom stereocenters. The lowest BCUT2D eigenvalue weighted by Crippen LogP contribution is -2.42. The molecule has 136 valence electrons. The van der Waals surface area contributed by atoms with E-state index >= 15 is 0 Å². The van der Waals surface area contributed by atoms with Crippen LogP contribution in [0.5, 0.6) is 0 Å². The summed E-state index contributed by atoms with van der Waals surface area (Å²) in [6, 6.07) is 7.16. The van der Waals surface area contributed by atoms with Crippen molar-refractivity contribution >= 4 is 29.1 Å². The Hall–Kier alpha value is -2.41. The highest BCUT2D eigenvalue weighted by molar-refractivity contribution is 6.10. The molecule has 0 saturated carbocycles. The fraction of sp³-hybridized carbons (Fsp3) is 0.500. The highest BCUT2D eigenvalue weighted by atomic mass is 16.2. The predicted octanol–water partition coefficient (Wildman–Crippen LogP) is 1.21. The molecule has 1 aromatic rings. The maximum absolute atomic E-state index is 12.4. The van der Waals surface area contributed by atoms with Crippen molar-refractivity contribution in [1.82, 2.24) is 10.2 Å². The first-order valence-electron chi connectivity index (χ1n) is 8.73. The monoisotopic (exact) mass is 346 g/mol. The second-order valence-corrected chi connectivity index (χ2v) is 5.92. The van der Waals surface area contributed by atoms with Crippen LogP contribution in [-0.4, -0.2) is 55.3 Å². The van der Waals surface area contributed by atoms with Crippen LogP contribution in [0.15, 0.2) is 24.3 Å². The summed E-state index contributed by atoms with van der Waals surface area (Å²) in [7, 11) is 0. The van der Waals surface area contributed by atoms with Crippen LogP contribution < -0.4 is 15.5 Å². The molecule has 1 aliphatic rings. The van der Waals surface area contributed by atoms with Crippen LogP contribution in [0.25, 0.3) is 0 Å². The Labute approximate surface area is 148 Å². The molecule has 0 atom stereocenters. The third-order valence-corrected chi connectivity index (χ3v) is 4.28. The molecule has 0 spiro atoms. The molecule has 0 radical (unpaired) electrons. The van der Waals surface area contributed by atoms with Gasteiger partial charge in [-0.15, -0.1) is 0 Å². The van der Waals surface area contributed by atoms with Gasteiger partial charge in [-0.25, -0.2) is 0 Å². The first kappa shape index (κ1) is 18.9. The lowest BCUT2D eigenvalue weighted by atomic mass is 10.1. The van der Waals surface area contributed by atoms with Gasteiger partial charge in [0.25, 0.3) is 0 Å². The molecule has 7 heteroatoms. The van der Waals surface area contributed by atoms with Gasteiger partial charge in [0.15, 0.2) is 0 Å². The largest absolute Gasteiger partial charge is 0.355 e. The van der Waals surface area contributed by atoms with Crippen molar-refractivity contribution in [2.75, 3.05) is 42.9 Å². The second kappa shape index (κ2) is 9.17. The maximum Gasteiger partial charge on any atom is 0.244 e. The minimum Gasteiger partial charge on any atom is -0.355 e. The standard InChI is InChI=1S/C18H26N4O3/c1-3-21(4-2)12-11-19-16(23)9-10-18(25)22-13-17(24)20-14-7-5-6-8-15(14)22/h5-8H,3-4,9-13H2,1-2H3,(H,19,23)(H,20,24). The fourth-order valence-corrected chi connectivity index (χ4v) is 2.79. The number of anilines is 2. The lowest BCUT2D eigenvalue weighted by Gasteiger charge is -2.29. The summed E-state index contributed by atoms with van der Waals surface area (Å²) in [5.74, 6) is -0.591. The van der Waals surface area contributed by atoms with Crippen molar-refractivity contribution in [2.45, 2.75) is 26.7 Å². The SMILES string of the molecule is CCN(CC)CCNC(=O)CCC(=O)N1CC(=O)Nc2ccccc21. The minimum atomic E-state index is -0.226. The van der Waals surface area contributed by atoms with E-state index in [1.807, 2.05) is 6.07 Å². The van der Waals surface area contributed by atoms with E-state index < -0.39 is 0 Å². The normalized spacial score (nSPS) is 13.4. The van der Waals surface area contributed by atoms with E-state index in [-0.39, 0.29) is 37.1 Å². The number of para-hydroxylation sites is 2. The molecular formula is C18H26N4O3. The van der Waals surface area contributed by atoms with Crippen LogP contribution in [0.3, 0.4) is 0 Å². The molecule has 3 amide bonds. The van der Waals surface area contributed by atoms with E-state index in [1.54, 1.807) is 18.2 Å². The average molecular weight is 346 g/mol. The van der Waals surface area contributed by atoms with Gasteiger partial charge in [-0.3, -0.25) is 14.4 Å². The van der Waals surface area contributed by atoms with Crippen LogP contribution in [0.2, 0.25) is 0 Å². The molecule has 1 heterocycles. The van der Waals surface area contributed by atoms with Gasteiger partial charge in [0.05, 0.1) is 11.4 Å². The van der Waals surface area contributed by atoms with Gasteiger partial charge in [-0.05, 0) is 25.2 Å². The topological polar surface area (TPSA) is 81.8 Å². The van der Waals surface area contributed by atoms with Crippen LogP contribution in [0, 0.1) is 0 Å². The van der Waals surface area contributed by atoms with Crippen molar-refractivity contribution < 1.29 is 14.4 Å². The Morgan fingerprint density at radius 3 is 2.64 bits per heavy atom. The smallest absolute Gasteiger partial charge is 0.244 e. The van der Waals surface area contributed by atoms with Crippen molar-refractivity contribution in [1.29, 1.82) is 0 Å². The zero-order valence-electron chi connectivity index (χ0n) is 14.9. The zero-order chi connectivity index (χ0) is 18.2. The number of carbonyl (C=O) groups excluding carboxylic acids is 3. The number of carbonyl (C=O) groups is 3. The first-order chi connectivity index (χ1) is 12.0. The number of hydrogen-bond acceptors (Lipinski definition) is 4. The Balaban J connectivity index is 1.82. The molecule has 0 aromatic heterocycles. The van der Waals surface area contributed by atoms with E-state index in [1.165, 1.54) is 4.90 Å². The molecule has 1 aliphatic heterocycles. The first-order valence-corrected chi connectivity index (χ1v) is 8.73. The van der Waals surface area contributed by atoms with E-state index in [0.29, 0.717) is 17.9 Å². The van der Waals surface area contributed by atoms with Gasteiger partial charge >= 0.3 is 0 Å². The highest BCUT2D eigenvalue weighted by Crippen LogP contribution is 2.29. The van der Waals surface area contributed by atoms with Crippen molar-refractivity contribution in [2.24, 2.45) is 0 Å². The Bertz CT molecular complexity index is 629. The number of nitrogens with one attached hydrogen (secondary N) is 2. The molecule has 2 N–H and O–H groups in total. The third-order valence-electron chi connectivity index (χ3n) is 4.28. The average Bonchev–Trinajstić information content (AvgIpc) is 2.62. The Morgan fingerprint density at radius 2 is 1.92 bits per heavy atom. The Kier molecular flexibility index (Phi) is 6.94. The molecule has 0 fully saturated rings. The number of fused-ring (bicyclic) bond motifs is 1. The maximum atomic E-state index is 12.4. The number of amides is 3. The molecule has 0 saturated heterocycles. The van der Waals surface area contributed by atoms with Crippen LogP contribution in [0.4, 0.5) is 11.4 Å². The second-order valence-electron chi connectivity index (χ2n) is 5.92. The van der Waals surface area contributed by atoms with Crippen molar-refractivity contribution in [3.63, 3.8) is 0 Å². The van der Waals surface area contributed by atoms with Crippen molar-refractivity contribution in [3.05, 3.63) is 24.3 Å². The summed E-state index contributed by atoms with van der Waals surface area (Å²) in [5.41, 5.74) is 1.30. The van der Waals surface area contributed by atoms with E-state index in [2.05, 4.69) is 29.4 Å². The molecule has 1 aromatic carbocycles. The van der Waals surface area contributed by atoms with Crippen LogP contribution in [-0.2, 0) is 14.4 Å². The fourth-order valence-electron chi connectivity index (χ4n) is 2.79. The summed E-state index contributed by atoms with van der Waals surface area (Å²) in [6.07, 6.45) is 0.204. The number of likely N-dealkylation sites (N-methyl/N-ethyl adjacent to an activating group) is 1. The number of nitrogens with zero attached hydrogens (tertiary/aromatic N) is 2. The van der Waals surface area contributed by atoms with Gasteiger partial charge in [0.1, 0.15) is 6.54 Å². The van der Waals surface area contributed by atoms with Gasteiger partial charge in [0, 0.05) is 25.9 Å². The van der Waals surface area contributed by atoms with Crippen LogP contribution in [0.1, 0.15) is 26.7 Å². The molecule has 0 aliphatic carbocycles. The number of benzene rings is 1. The number of rotatable bonds is 8. The predicted molar refractivity (Wildman–Crippen MR) is 97.5 cm³/mol. The summed E-state index contributed by atoms with van der Waals surface area (Å²) >= 11 is 0. The van der Waals surface area contributed by atoms with Gasteiger partial charge < -0.3 is 20.4 Å². The van der Waals surface area contributed by atoms with E-state index in [0.717, 1.165) is 19.6 Å². The molecule has 7 nitrogen and oxygen atoms in total. The molecule has 2 rings (SSSR count). The van der Waals surface area contributed by atoms with Crippen molar-refractivity contribution in [3.8, 4) is 0 Å². The molecule has 25 heavy (non-hydrogen) atoms.